The fraction of sp³-hybridized carbons (Fsp3) is 0. The molecule has 1 N–H and O–H groups in total. The molecule has 0 aliphatic carbocycles. The van der Waals surface area contributed by atoms with E-state index in [1.165, 1.54) is 16.3 Å². The first-order valence-corrected chi connectivity index (χ1v) is 7.48. The van der Waals surface area contributed by atoms with Gasteiger partial charge in [0.05, 0.1) is 5.69 Å². The number of anilines is 1. The maximum absolute atomic E-state index is 12.3. The zero-order valence-electron chi connectivity index (χ0n) is 10.2. The van der Waals surface area contributed by atoms with Crippen molar-refractivity contribution >= 4 is 50.8 Å². The van der Waals surface area contributed by atoms with E-state index in [1.54, 1.807) is 24.3 Å². The van der Waals surface area contributed by atoms with E-state index in [2.05, 4.69) is 21.4 Å². The molecule has 1 aliphatic heterocycles. The number of thiophene rings is 1. The molecule has 6 heteroatoms. The first kappa shape index (κ1) is 13.1. The highest BCUT2D eigenvalue weighted by Crippen LogP contribution is 2.24. The van der Waals surface area contributed by atoms with E-state index in [-0.39, 0.29) is 17.4 Å². The minimum atomic E-state index is -0.386. The molecule has 1 aromatic carbocycles. The zero-order valence-corrected chi connectivity index (χ0v) is 12.6. The van der Waals surface area contributed by atoms with Crippen LogP contribution in [0.1, 0.15) is 4.88 Å². The molecule has 2 amide bonds. The number of carbonyl (C=O) groups is 2. The molecule has 1 fully saturated rings. The van der Waals surface area contributed by atoms with Gasteiger partial charge in [-0.3, -0.25) is 15.0 Å². The van der Waals surface area contributed by atoms with Crippen molar-refractivity contribution in [3.05, 3.63) is 56.7 Å². The van der Waals surface area contributed by atoms with Crippen LogP contribution in [0.5, 0.6) is 0 Å². The summed E-state index contributed by atoms with van der Waals surface area (Å²) in [6.07, 6.45) is 1.61. The smallest absolute Gasteiger partial charge is 0.267 e. The number of halogens is 1. The highest BCUT2D eigenvalue weighted by molar-refractivity contribution is 9.10. The Bertz CT molecular complexity index is 710. The summed E-state index contributed by atoms with van der Waals surface area (Å²) in [5.74, 6) is -0.732. The van der Waals surface area contributed by atoms with Crippen LogP contribution in [-0.2, 0) is 9.59 Å². The Kier molecular flexibility index (Phi) is 3.42. The largest absolute Gasteiger partial charge is 0.282 e. The van der Waals surface area contributed by atoms with Gasteiger partial charge in [0.1, 0.15) is 5.57 Å². The van der Waals surface area contributed by atoms with E-state index in [9.17, 15) is 9.59 Å². The topological polar surface area (TPSA) is 49.4 Å². The number of amides is 2. The predicted octanol–water partition coefficient (Wildman–Crippen LogP) is 2.97. The van der Waals surface area contributed by atoms with Crippen LogP contribution in [0.4, 0.5) is 5.69 Å². The molecule has 0 bridgehead atoms. The van der Waals surface area contributed by atoms with Gasteiger partial charge in [0.15, 0.2) is 0 Å². The second-order valence-corrected chi connectivity index (χ2v) is 6.03. The van der Waals surface area contributed by atoms with Gasteiger partial charge >= 0.3 is 0 Å². The van der Waals surface area contributed by atoms with E-state index in [4.69, 9.17) is 0 Å². The molecular formula is C14H9BrN2O2S. The van der Waals surface area contributed by atoms with Gasteiger partial charge in [0, 0.05) is 9.35 Å². The summed E-state index contributed by atoms with van der Waals surface area (Å²) in [4.78, 5) is 25.1. The minimum Gasteiger partial charge on any atom is -0.267 e. The summed E-state index contributed by atoms with van der Waals surface area (Å²) < 4.78 is 0.840. The van der Waals surface area contributed by atoms with Crippen molar-refractivity contribution in [1.29, 1.82) is 0 Å². The standard InChI is InChI=1S/C14H9BrN2O2S/c15-9-3-1-4-10(7-9)17-14(19)12(13(18)16-17)8-11-5-2-6-20-11/h1-8H,(H,16,18). The molecule has 100 valence electrons. The maximum Gasteiger partial charge on any atom is 0.282 e. The van der Waals surface area contributed by atoms with Gasteiger partial charge in [-0.25, -0.2) is 5.01 Å². The van der Waals surface area contributed by atoms with Gasteiger partial charge in [0.2, 0.25) is 0 Å². The number of hydrazine groups is 1. The number of rotatable bonds is 2. The van der Waals surface area contributed by atoms with Crippen LogP contribution in [0, 0.1) is 0 Å². The predicted molar refractivity (Wildman–Crippen MR) is 82.1 cm³/mol. The van der Waals surface area contributed by atoms with Crippen molar-refractivity contribution in [3.8, 4) is 0 Å². The average molecular weight is 349 g/mol. The van der Waals surface area contributed by atoms with Gasteiger partial charge in [-0.1, -0.05) is 28.1 Å². The number of hydrogen-bond acceptors (Lipinski definition) is 3. The van der Waals surface area contributed by atoms with Crippen molar-refractivity contribution in [2.45, 2.75) is 0 Å². The first-order valence-electron chi connectivity index (χ1n) is 5.81. The molecular weight excluding hydrogens is 340 g/mol. The van der Waals surface area contributed by atoms with Gasteiger partial charge < -0.3 is 0 Å². The molecule has 1 aliphatic rings. The molecule has 0 spiro atoms. The lowest BCUT2D eigenvalue weighted by Gasteiger charge is -2.14. The Morgan fingerprint density at radius 1 is 1.20 bits per heavy atom. The lowest BCUT2D eigenvalue weighted by Crippen LogP contribution is -2.35. The summed E-state index contributed by atoms with van der Waals surface area (Å²) in [6.45, 7) is 0. The van der Waals surface area contributed by atoms with Crippen LogP contribution in [-0.4, -0.2) is 11.8 Å². The highest BCUT2D eigenvalue weighted by Gasteiger charge is 2.34. The maximum atomic E-state index is 12.3. The van der Waals surface area contributed by atoms with Crippen LogP contribution in [0.15, 0.2) is 51.8 Å². The quantitative estimate of drug-likeness (QED) is 0.669. The molecule has 3 rings (SSSR count). The van der Waals surface area contributed by atoms with Gasteiger partial charge in [-0.2, -0.15) is 0 Å². The summed E-state index contributed by atoms with van der Waals surface area (Å²) in [5, 5.41) is 3.16. The van der Waals surface area contributed by atoms with Crippen molar-refractivity contribution < 1.29 is 9.59 Å². The van der Waals surface area contributed by atoms with Crippen LogP contribution >= 0.6 is 27.3 Å². The summed E-state index contributed by atoms with van der Waals surface area (Å²) in [5.41, 5.74) is 3.33. The molecule has 4 nitrogen and oxygen atoms in total. The summed E-state index contributed by atoms with van der Waals surface area (Å²) >= 11 is 4.82. The Labute approximate surface area is 127 Å². The Balaban J connectivity index is 1.95. The SMILES string of the molecule is O=C1NN(c2cccc(Br)c2)C(=O)C1=Cc1cccs1. The lowest BCUT2D eigenvalue weighted by atomic mass is 10.2. The monoisotopic (exact) mass is 348 g/mol. The molecule has 0 atom stereocenters. The third kappa shape index (κ3) is 2.39. The van der Waals surface area contributed by atoms with Crippen molar-refractivity contribution in [2.24, 2.45) is 0 Å². The van der Waals surface area contributed by atoms with Crippen LogP contribution in [0.2, 0.25) is 0 Å². The summed E-state index contributed by atoms with van der Waals surface area (Å²) in [7, 11) is 0. The van der Waals surface area contributed by atoms with Crippen molar-refractivity contribution in [1.82, 2.24) is 5.43 Å². The van der Waals surface area contributed by atoms with Crippen molar-refractivity contribution in [3.63, 3.8) is 0 Å². The summed E-state index contributed by atoms with van der Waals surface area (Å²) in [6, 6.07) is 10.9. The van der Waals surface area contributed by atoms with E-state index >= 15 is 0 Å². The second kappa shape index (κ2) is 5.22. The highest BCUT2D eigenvalue weighted by atomic mass is 79.9. The van der Waals surface area contributed by atoms with E-state index in [0.717, 1.165) is 9.35 Å². The Morgan fingerprint density at radius 2 is 2.05 bits per heavy atom. The number of benzene rings is 1. The van der Waals surface area contributed by atoms with Crippen LogP contribution in [0.25, 0.3) is 6.08 Å². The average Bonchev–Trinajstić information content (AvgIpc) is 3.02. The van der Waals surface area contributed by atoms with Crippen LogP contribution in [0.3, 0.4) is 0 Å². The molecule has 0 unspecified atom stereocenters. The third-order valence-corrected chi connectivity index (χ3v) is 4.10. The Morgan fingerprint density at radius 3 is 2.75 bits per heavy atom. The molecule has 0 radical (unpaired) electrons. The molecule has 0 saturated carbocycles. The lowest BCUT2D eigenvalue weighted by molar-refractivity contribution is -0.117. The fourth-order valence-corrected chi connectivity index (χ4v) is 2.91. The van der Waals surface area contributed by atoms with Crippen LogP contribution < -0.4 is 10.4 Å². The first-order chi connectivity index (χ1) is 9.65. The van der Waals surface area contributed by atoms with E-state index in [1.807, 2.05) is 23.6 Å². The zero-order chi connectivity index (χ0) is 14.1. The third-order valence-electron chi connectivity index (χ3n) is 2.79. The normalized spacial score (nSPS) is 16.9. The fourth-order valence-electron chi connectivity index (χ4n) is 1.87. The number of carbonyl (C=O) groups excluding carboxylic acids is 2. The minimum absolute atomic E-state index is 0.146. The number of hydrogen-bond donors (Lipinski definition) is 1. The molecule has 1 aromatic heterocycles. The number of nitrogens with one attached hydrogen (secondary N) is 1. The molecule has 2 aromatic rings. The van der Waals surface area contributed by atoms with E-state index in [0.29, 0.717) is 5.69 Å². The Hall–Kier alpha value is -1.92. The second-order valence-electron chi connectivity index (χ2n) is 4.13. The van der Waals surface area contributed by atoms with Gasteiger partial charge in [-0.05, 0) is 35.7 Å². The molecule has 2 heterocycles. The molecule has 20 heavy (non-hydrogen) atoms. The molecule has 1 saturated heterocycles. The number of nitrogens with zero attached hydrogens (tertiary/aromatic N) is 1. The van der Waals surface area contributed by atoms with Gasteiger partial charge in [0.25, 0.3) is 11.8 Å². The van der Waals surface area contributed by atoms with E-state index < -0.39 is 0 Å². The van der Waals surface area contributed by atoms with Gasteiger partial charge in [-0.15, -0.1) is 11.3 Å². The van der Waals surface area contributed by atoms with Crippen molar-refractivity contribution in [2.75, 3.05) is 5.01 Å².